The van der Waals surface area contributed by atoms with Crippen LogP contribution in [-0.2, 0) is 13.5 Å². The zero-order valence-electron chi connectivity index (χ0n) is 4.07. The first-order chi connectivity index (χ1) is 2.00. The average molecular weight is 166 g/mol. The van der Waals surface area contributed by atoms with Crippen molar-refractivity contribution in [2.45, 2.75) is 0 Å². The molecule has 0 bridgehead atoms. The molecule has 5 nitrogen and oxygen atoms in total. The van der Waals surface area contributed by atoms with Gasteiger partial charge in [0.05, 0.1) is 0 Å². The Bertz CT molecular complexity index is 27.9. The summed E-state index contributed by atoms with van der Waals surface area (Å²) in [6, 6.07) is 0. The zero-order valence-corrected chi connectivity index (χ0v) is 7.88. The van der Waals surface area contributed by atoms with Gasteiger partial charge in [0.25, 0.3) is 0 Å². The normalized spacial score (nSPS) is 7.50. The van der Waals surface area contributed by atoms with Gasteiger partial charge >= 0.3 is 43.1 Å². The van der Waals surface area contributed by atoms with Crippen LogP contribution in [0.5, 0.6) is 0 Å². The van der Waals surface area contributed by atoms with Crippen molar-refractivity contribution < 1.29 is 54.2 Å². The third-order valence-corrected chi connectivity index (χ3v) is 0. The molecule has 4 radical (unpaired) electrons. The second kappa shape index (κ2) is 8.37. The van der Waals surface area contributed by atoms with Gasteiger partial charge in [0.2, 0.25) is 0 Å². The molecular weight excluding hydrogens is 163 g/mol. The molecule has 0 aromatic heterocycles. The molecule has 8 heavy (non-hydrogen) atoms. The van der Waals surface area contributed by atoms with E-state index in [-0.39, 0.29) is 48.5 Å². The van der Waals surface area contributed by atoms with E-state index in [1.807, 2.05) is 0 Å². The average Bonchev–Trinajstić information content (AvgIpc) is 0.722. The maximum absolute atomic E-state index is 8.80. The van der Waals surface area contributed by atoms with Gasteiger partial charge < -0.3 is 24.7 Å². The van der Waals surface area contributed by atoms with E-state index in [1.165, 1.54) is 0 Å². The number of rotatable bonds is 0. The Hall–Kier alpha value is 1.37. The van der Waals surface area contributed by atoms with E-state index in [9.17, 15) is 0 Å². The molecule has 0 aromatic rings. The quantitative estimate of drug-likeness (QED) is 0.347. The van der Waals surface area contributed by atoms with Crippen molar-refractivity contribution in [2.24, 2.45) is 0 Å². The Morgan fingerprint density at radius 2 is 1.12 bits per heavy atom. The minimum absolute atomic E-state index is 0. The topological polar surface area (TPSA) is 117 Å². The van der Waals surface area contributed by atoms with Crippen molar-refractivity contribution in [3.8, 4) is 0 Å². The first-order valence-electron chi connectivity index (χ1n) is 0.855. The van der Waals surface area contributed by atoms with E-state index < -0.39 is 9.05 Å². The van der Waals surface area contributed by atoms with Gasteiger partial charge in [0, 0.05) is 0 Å². The monoisotopic (exact) mass is 166 g/mol. The van der Waals surface area contributed by atoms with Crippen LogP contribution >= 0.6 is 0 Å². The van der Waals surface area contributed by atoms with Crippen LogP contribution in [-0.4, -0.2) is 24.1 Å². The molecule has 44 valence electrons. The molecule has 0 heterocycles. The fourth-order valence-electron chi connectivity index (χ4n) is 0. The molecule has 0 aliphatic carbocycles. The summed E-state index contributed by atoms with van der Waals surface area (Å²) < 4.78 is 0. The molecule has 0 aliphatic rings. The van der Waals surface area contributed by atoms with Gasteiger partial charge in [0.1, 0.15) is 9.05 Å². The Balaban J connectivity index is -0.0000000267. The maximum Gasteiger partial charge on any atom is 2.00 e. The van der Waals surface area contributed by atoms with Crippen LogP contribution in [0.4, 0.5) is 0 Å². The fraction of sp³-hybridized carbons (Fsp3) is 0. The van der Waals surface area contributed by atoms with E-state index in [0.29, 0.717) is 0 Å². The van der Waals surface area contributed by atoms with Crippen LogP contribution in [0.15, 0.2) is 0 Å². The summed E-state index contributed by atoms with van der Waals surface area (Å²) in [6.45, 7) is 0. The molecule has 8 heteroatoms. The smallest absolute Gasteiger partial charge is 0.870 e. The van der Waals surface area contributed by atoms with Crippen molar-refractivity contribution in [1.29, 1.82) is 0 Å². The molecule has 0 aromatic carbocycles. The molecule has 0 spiro atoms. The molecule has 0 fully saturated rings. The molecule has 0 rings (SSSR count). The molecule has 0 saturated carbocycles. The van der Waals surface area contributed by atoms with E-state index in [1.54, 1.807) is 0 Å². The summed E-state index contributed by atoms with van der Waals surface area (Å²) in [6.07, 6.45) is 0. The van der Waals surface area contributed by atoms with Gasteiger partial charge in [-0.1, -0.05) is 0 Å². The SMILES string of the molecule is [Na+].[O-][Si]([O-])(O)O.[OH-].[S+2]. The summed E-state index contributed by atoms with van der Waals surface area (Å²) in [4.78, 5) is 31.8. The Kier molecular flexibility index (Phi) is 23.8. The van der Waals surface area contributed by atoms with Gasteiger partial charge in [-0.3, -0.25) is 0 Å². The predicted octanol–water partition coefficient (Wildman–Crippen LogP) is -7.05. The summed E-state index contributed by atoms with van der Waals surface area (Å²) in [5, 5.41) is 0. The van der Waals surface area contributed by atoms with E-state index in [0.717, 1.165) is 0 Å². The number of hydrogen-bond donors (Lipinski definition) is 2. The van der Waals surface area contributed by atoms with Gasteiger partial charge in [-0.2, -0.15) is 0 Å². The summed E-state index contributed by atoms with van der Waals surface area (Å²) >= 11 is 0. The minimum atomic E-state index is -5.11. The minimum Gasteiger partial charge on any atom is -0.870 e. The second-order valence-corrected chi connectivity index (χ2v) is 1.65. The Morgan fingerprint density at radius 3 is 1.12 bits per heavy atom. The molecule has 0 atom stereocenters. The maximum atomic E-state index is 8.80. The van der Waals surface area contributed by atoms with Crippen molar-refractivity contribution in [1.82, 2.24) is 0 Å². The fourth-order valence-corrected chi connectivity index (χ4v) is 0. The van der Waals surface area contributed by atoms with E-state index in [2.05, 4.69) is 0 Å². The van der Waals surface area contributed by atoms with Gasteiger partial charge in [-0.15, -0.1) is 0 Å². The zero-order chi connectivity index (χ0) is 4.50. The van der Waals surface area contributed by atoms with Gasteiger partial charge in [-0.05, 0) is 0 Å². The Morgan fingerprint density at radius 1 is 1.12 bits per heavy atom. The second-order valence-electron chi connectivity index (χ2n) is 0.548. The summed E-state index contributed by atoms with van der Waals surface area (Å²) in [7, 11) is -5.11. The van der Waals surface area contributed by atoms with Crippen LogP contribution < -0.4 is 39.1 Å². The summed E-state index contributed by atoms with van der Waals surface area (Å²) in [5.74, 6) is 0. The summed E-state index contributed by atoms with van der Waals surface area (Å²) in [5.41, 5.74) is 0. The first kappa shape index (κ1) is 22.8. The van der Waals surface area contributed by atoms with Crippen molar-refractivity contribution >= 4 is 22.5 Å². The third kappa shape index (κ3) is 160. The molecule has 0 aliphatic heterocycles. The van der Waals surface area contributed by atoms with Crippen LogP contribution in [0.3, 0.4) is 0 Å². The van der Waals surface area contributed by atoms with Crippen LogP contribution in [0.2, 0.25) is 0 Å². The van der Waals surface area contributed by atoms with Crippen molar-refractivity contribution in [2.75, 3.05) is 0 Å². The van der Waals surface area contributed by atoms with E-state index in [4.69, 9.17) is 19.2 Å². The van der Waals surface area contributed by atoms with Crippen molar-refractivity contribution in [3.05, 3.63) is 0 Å². The predicted molar refractivity (Wildman–Crippen MR) is 19.5 cm³/mol. The van der Waals surface area contributed by atoms with Gasteiger partial charge in [0.15, 0.2) is 0 Å². The molecule has 0 unspecified atom stereocenters. The van der Waals surface area contributed by atoms with Crippen LogP contribution in [0.25, 0.3) is 0 Å². The molecule has 3 N–H and O–H groups in total. The standard InChI is InChI=1S/Na.H2O4Si.H2O.S/c;1-5(2,3)4;;/h;1-2H;1H2;/q+1;-2;;+2/p-1. The van der Waals surface area contributed by atoms with Crippen molar-refractivity contribution in [3.63, 3.8) is 0 Å². The van der Waals surface area contributed by atoms with Crippen LogP contribution in [0, 0.1) is 0 Å². The Labute approximate surface area is 76.5 Å². The van der Waals surface area contributed by atoms with Gasteiger partial charge in [-0.25, -0.2) is 0 Å². The molecule has 0 amide bonds. The largest absolute Gasteiger partial charge is 2.00 e. The number of hydrogen-bond acceptors (Lipinski definition) is 5. The molecular formula is H3NaO5SSi. The third-order valence-electron chi connectivity index (χ3n) is 0. The van der Waals surface area contributed by atoms with E-state index >= 15 is 0 Å². The van der Waals surface area contributed by atoms with Crippen LogP contribution in [0.1, 0.15) is 0 Å². The molecule has 0 saturated heterocycles. The first-order valence-corrected chi connectivity index (χ1v) is 2.57.